The maximum absolute atomic E-state index is 13.1. The van der Waals surface area contributed by atoms with Crippen LogP contribution in [0.15, 0.2) is 42.5 Å². The van der Waals surface area contributed by atoms with Crippen molar-refractivity contribution in [3.05, 3.63) is 59.2 Å². The molecule has 0 bridgehead atoms. The number of carbonyl (C=O) groups excluding carboxylic acids is 2. The number of nitrogens with zero attached hydrogens (tertiary/aromatic N) is 1. The van der Waals surface area contributed by atoms with Gasteiger partial charge < -0.3 is 10.2 Å². The van der Waals surface area contributed by atoms with Gasteiger partial charge >= 0.3 is 6.18 Å². The summed E-state index contributed by atoms with van der Waals surface area (Å²) in [7, 11) is 0. The summed E-state index contributed by atoms with van der Waals surface area (Å²) in [6.45, 7) is 4.31. The van der Waals surface area contributed by atoms with Crippen molar-refractivity contribution in [1.82, 2.24) is 0 Å². The van der Waals surface area contributed by atoms with E-state index in [1.165, 1.54) is 12.1 Å². The molecule has 0 aliphatic carbocycles. The molecule has 4 nitrogen and oxygen atoms in total. The van der Waals surface area contributed by atoms with Crippen LogP contribution in [0, 0.1) is 5.92 Å². The maximum atomic E-state index is 13.1. The summed E-state index contributed by atoms with van der Waals surface area (Å²) in [4.78, 5) is 26.6. The lowest BCUT2D eigenvalue weighted by atomic mass is 9.99. The van der Waals surface area contributed by atoms with E-state index in [9.17, 15) is 22.8 Å². The molecule has 0 saturated carbocycles. The first-order valence-electron chi connectivity index (χ1n) is 9.10. The average molecular weight is 390 g/mol. The van der Waals surface area contributed by atoms with Gasteiger partial charge in [0.1, 0.15) is 0 Å². The quantitative estimate of drug-likeness (QED) is 0.811. The van der Waals surface area contributed by atoms with Crippen LogP contribution < -0.4 is 10.2 Å². The van der Waals surface area contributed by atoms with Crippen molar-refractivity contribution >= 4 is 23.2 Å². The second-order valence-electron chi connectivity index (χ2n) is 7.09. The van der Waals surface area contributed by atoms with Crippen LogP contribution >= 0.6 is 0 Å². The minimum Gasteiger partial charge on any atom is -0.322 e. The van der Waals surface area contributed by atoms with Gasteiger partial charge in [0.05, 0.1) is 11.1 Å². The first-order chi connectivity index (χ1) is 13.2. The molecule has 0 saturated heterocycles. The van der Waals surface area contributed by atoms with Crippen molar-refractivity contribution in [1.29, 1.82) is 0 Å². The number of benzene rings is 2. The second-order valence-corrected chi connectivity index (χ2v) is 7.09. The highest BCUT2D eigenvalue weighted by Crippen LogP contribution is 2.33. The Morgan fingerprint density at radius 1 is 1.11 bits per heavy atom. The summed E-state index contributed by atoms with van der Waals surface area (Å²) < 4.78 is 39.4. The SMILES string of the molecule is CC(C)C(=O)N1CCCc2cc(NC(=O)c3ccccc3C(F)(F)F)ccc21. The molecule has 0 fully saturated rings. The monoisotopic (exact) mass is 390 g/mol. The van der Waals surface area contributed by atoms with Gasteiger partial charge in [0, 0.05) is 23.8 Å². The molecular weight excluding hydrogens is 369 g/mol. The smallest absolute Gasteiger partial charge is 0.322 e. The average Bonchev–Trinajstić information content (AvgIpc) is 2.66. The van der Waals surface area contributed by atoms with E-state index in [0.717, 1.165) is 36.2 Å². The van der Waals surface area contributed by atoms with Crippen LogP contribution in [0.4, 0.5) is 24.5 Å². The highest BCUT2D eigenvalue weighted by molar-refractivity contribution is 6.05. The summed E-state index contributed by atoms with van der Waals surface area (Å²) in [5.74, 6) is -0.931. The van der Waals surface area contributed by atoms with Gasteiger partial charge in [0.25, 0.3) is 5.91 Å². The Morgan fingerprint density at radius 3 is 2.50 bits per heavy atom. The Bertz CT molecular complexity index is 907. The van der Waals surface area contributed by atoms with Crippen molar-refractivity contribution in [2.45, 2.75) is 32.9 Å². The third kappa shape index (κ3) is 4.03. The van der Waals surface area contributed by atoms with Crippen molar-refractivity contribution in [3.63, 3.8) is 0 Å². The number of hydrogen-bond acceptors (Lipinski definition) is 2. The number of rotatable bonds is 3. The van der Waals surface area contributed by atoms with Crippen LogP contribution in [-0.4, -0.2) is 18.4 Å². The third-order valence-electron chi connectivity index (χ3n) is 4.69. The number of nitrogens with one attached hydrogen (secondary N) is 1. The molecular formula is C21H21F3N2O2. The Kier molecular flexibility index (Phi) is 5.45. The molecule has 1 N–H and O–H groups in total. The number of fused-ring (bicyclic) bond motifs is 1. The van der Waals surface area contributed by atoms with E-state index in [1.807, 2.05) is 13.8 Å². The molecule has 1 heterocycles. The first kappa shape index (κ1) is 19.9. The molecule has 7 heteroatoms. The highest BCUT2D eigenvalue weighted by Gasteiger charge is 2.35. The zero-order valence-corrected chi connectivity index (χ0v) is 15.6. The lowest BCUT2D eigenvalue weighted by molar-refractivity contribution is -0.137. The Labute approximate surface area is 161 Å². The number of alkyl halides is 3. The summed E-state index contributed by atoms with van der Waals surface area (Å²) >= 11 is 0. The predicted molar refractivity (Wildman–Crippen MR) is 101 cm³/mol. The molecule has 0 radical (unpaired) electrons. The van der Waals surface area contributed by atoms with E-state index in [1.54, 1.807) is 23.1 Å². The molecule has 0 spiro atoms. The first-order valence-corrected chi connectivity index (χ1v) is 9.10. The normalized spacial score (nSPS) is 14.0. The molecule has 1 aliphatic rings. The van der Waals surface area contributed by atoms with Crippen LogP contribution in [0.2, 0.25) is 0 Å². The molecule has 0 aromatic heterocycles. The van der Waals surface area contributed by atoms with E-state index >= 15 is 0 Å². The van der Waals surface area contributed by atoms with Crippen molar-refractivity contribution in [2.24, 2.45) is 5.92 Å². The fourth-order valence-corrected chi connectivity index (χ4v) is 3.34. The number of aryl methyl sites for hydroxylation is 1. The lowest BCUT2D eigenvalue weighted by Gasteiger charge is -2.31. The summed E-state index contributed by atoms with van der Waals surface area (Å²) in [6.07, 6.45) is -3.08. The summed E-state index contributed by atoms with van der Waals surface area (Å²) in [5, 5.41) is 2.55. The second kappa shape index (κ2) is 7.66. The number of halogens is 3. The standard InChI is InChI=1S/C21H21F3N2O2/c1-13(2)20(28)26-11-5-6-14-12-15(9-10-18(14)26)25-19(27)16-7-3-4-8-17(16)21(22,23)24/h3-4,7-10,12-13H,5-6,11H2,1-2H3,(H,25,27). The van der Waals surface area contributed by atoms with Gasteiger partial charge in [-0.25, -0.2) is 0 Å². The highest BCUT2D eigenvalue weighted by atomic mass is 19.4. The Hall–Kier alpha value is -2.83. The zero-order chi connectivity index (χ0) is 20.5. The minimum atomic E-state index is -4.61. The van der Waals surface area contributed by atoms with Crippen molar-refractivity contribution < 1.29 is 22.8 Å². The maximum Gasteiger partial charge on any atom is 0.417 e. The van der Waals surface area contributed by atoms with Crippen LogP contribution in [0.5, 0.6) is 0 Å². The Balaban J connectivity index is 1.86. The predicted octanol–water partition coefficient (Wildman–Crippen LogP) is 4.89. The molecule has 2 amide bonds. The molecule has 1 aliphatic heterocycles. The number of carbonyl (C=O) groups is 2. The van der Waals surface area contributed by atoms with Crippen molar-refractivity contribution in [2.75, 3.05) is 16.8 Å². The molecule has 3 rings (SSSR count). The molecule has 0 atom stereocenters. The summed E-state index contributed by atoms with van der Waals surface area (Å²) in [5.41, 5.74) is 0.684. The molecule has 0 unspecified atom stereocenters. The van der Waals surface area contributed by atoms with E-state index in [4.69, 9.17) is 0 Å². The van der Waals surface area contributed by atoms with E-state index in [-0.39, 0.29) is 11.8 Å². The van der Waals surface area contributed by atoms with E-state index in [2.05, 4.69) is 5.32 Å². The molecule has 148 valence electrons. The number of hydrogen-bond donors (Lipinski definition) is 1. The van der Waals surface area contributed by atoms with Gasteiger partial charge in [0.2, 0.25) is 5.91 Å². The summed E-state index contributed by atoms with van der Waals surface area (Å²) in [6, 6.07) is 9.75. The van der Waals surface area contributed by atoms with Gasteiger partial charge in [-0.1, -0.05) is 26.0 Å². The fraction of sp³-hybridized carbons (Fsp3) is 0.333. The Morgan fingerprint density at radius 2 is 1.82 bits per heavy atom. The van der Waals surface area contributed by atoms with Crippen molar-refractivity contribution in [3.8, 4) is 0 Å². The largest absolute Gasteiger partial charge is 0.417 e. The van der Waals surface area contributed by atoms with Gasteiger partial charge in [0.15, 0.2) is 0 Å². The van der Waals surface area contributed by atoms with Crippen LogP contribution in [0.25, 0.3) is 0 Å². The van der Waals surface area contributed by atoms with Crippen LogP contribution in [0.1, 0.15) is 41.8 Å². The number of anilines is 2. The third-order valence-corrected chi connectivity index (χ3v) is 4.69. The molecule has 2 aromatic rings. The van der Waals surface area contributed by atoms with Crippen LogP contribution in [-0.2, 0) is 17.4 Å². The van der Waals surface area contributed by atoms with Crippen LogP contribution in [0.3, 0.4) is 0 Å². The van der Waals surface area contributed by atoms with E-state index < -0.39 is 23.2 Å². The van der Waals surface area contributed by atoms with Gasteiger partial charge in [-0.05, 0) is 48.7 Å². The zero-order valence-electron chi connectivity index (χ0n) is 15.6. The minimum absolute atomic E-state index is 0.0249. The van der Waals surface area contributed by atoms with Gasteiger partial charge in [-0.15, -0.1) is 0 Å². The van der Waals surface area contributed by atoms with E-state index in [0.29, 0.717) is 12.2 Å². The fourth-order valence-electron chi connectivity index (χ4n) is 3.34. The molecule has 2 aromatic carbocycles. The topological polar surface area (TPSA) is 49.4 Å². The van der Waals surface area contributed by atoms with Gasteiger partial charge in [-0.3, -0.25) is 9.59 Å². The van der Waals surface area contributed by atoms with Gasteiger partial charge in [-0.2, -0.15) is 13.2 Å². The lowest BCUT2D eigenvalue weighted by Crippen LogP contribution is -2.38. The number of amides is 2. The molecule has 28 heavy (non-hydrogen) atoms.